The van der Waals surface area contributed by atoms with E-state index < -0.39 is 17.0 Å². The summed E-state index contributed by atoms with van der Waals surface area (Å²) < 4.78 is 14.5. The van der Waals surface area contributed by atoms with Crippen molar-refractivity contribution in [1.29, 1.82) is 0 Å². The first-order chi connectivity index (χ1) is 11.5. The van der Waals surface area contributed by atoms with Crippen molar-refractivity contribution in [2.75, 3.05) is 24.5 Å². The van der Waals surface area contributed by atoms with Gasteiger partial charge in [-0.15, -0.1) is 0 Å². The molecule has 24 heavy (non-hydrogen) atoms. The van der Waals surface area contributed by atoms with Crippen LogP contribution < -0.4 is 4.90 Å². The monoisotopic (exact) mass is 330 g/mol. The molecule has 0 aromatic heterocycles. The fourth-order valence-electron chi connectivity index (χ4n) is 4.34. The smallest absolute Gasteiger partial charge is 0.260 e. The summed E-state index contributed by atoms with van der Waals surface area (Å²) in [6.45, 7) is 1.62. The number of para-hydroxylation sites is 1. The zero-order valence-corrected chi connectivity index (χ0v) is 13.8. The molecule has 0 unspecified atom stereocenters. The number of likely N-dealkylation sites (tertiary alicyclic amines) is 1. The minimum Gasteiger partial charge on any atom is -0.339 e. The van der Waals surface area contributed by atoms with Gasteiger partial charge in [-0.2, -0.15) is 0 Å². The summed E-state index contributed by atoms with van der Waals surface area (Å²) in [7, 11) is 0. The number of nitrogens with zero attached hydrogens (tertiary/aromatic N) is 2. The highest BCUT2D eigenvalue weighted by molar-refractivity contribution is 6.00. The molecule has 3 aliphatic rings. The van der Waals surface area contributed by atoms with E-state index in [1.165, 1.54) is 0 Å². The molecule has 3 fully saturated rings. The molecule has 128 valence electrons. The van der Waals surface area contributed by atoms with Crippen molar-refractivity contribution in [1.82, 2.24) is 4.90 Å². The minimum absolute atomic E-state index is 0.0905. The van der Waals surface area contributed by atoms with E-state index >= 15 is 0 Å². The van der Waals surface area contributed by atoms with Crippen LogP contribution in [0, 0.1) is 5.41 Å². The van der Waals surface area contributed by atoms with Gasteiger partial charge in [-0.05, 0) is 50.7 Å². The first kappa shape index (κ1) is 15.6. The van der Waals surface area contributed by atoms with E-state index in [1.807, 2.05) is 35.2 Å². The molecule has 1 aliphatic carbocycles. The first-order valence-corrected chi connectivity index (χ1v) is 8.90. The molecule has 4 nitrogen and oxygen atoms in total. The summed E-state index contributed by atoms with van der Waals surface area (Å²) in [6, 6.07) is 9.66. The van der Waals surface area contributed by atoms with E-state index in [2.05, 4.69) is 0 Å². The number of anilines is 1. The molecule has 1 aromatic carbocycles. The summed E-state index contributed by atoms with van der Waals surface area (Å²) in [4.78, 5) is 29.0. The van der Waals surface area contributed by atoms with Crippen molar-refractivity contribution in [2.24, 2.45) is 5.41 Å². The largest absolute Gasteiger partial charge is 0.339 e. The molecule has 1 aromatic rings. The fraction of sp³-hybridized carbons (Fsp3) is 0.579. The van der Waals surface area contributed by atoms with Gasteiger partial charge in [-0.3, -0.25) is 9.59 Å². The minimum atomic E-state index is -1.67. The Labute approximate surface area is 141 Å². The normalized spacial score (nSPS) is 29.0. The maximum atomic E-state index is 14.5. The molecule has 2 amide bonds. The molecule has 5 heteroatoms. The molecule has 1 atom stereocenters. The third-order valence-electron chi connectivity index (χ3n) is 5.97. The number of halogens is 1. The Morgan fingerprint density at radius 3 is 2.42 bits per heavy atom. The van der Waals surface area contributed by atoms with Gasteiger partial charge in [0.1, 0.15) is 0 Å². The van der Waals surface area contributed by atoms with Gasteiger partial charge < -0.3 is 9.80 Å². The highest BCUT2D eigenvalue weighted by Crippen LogP contribution is 2.44. The molecule has 0 N–H and O–H groups in total. The van der Waals surface area contributed by atoms with Crippen LogP contribution in [-0.2, 0) is 9.59 Å². The van der Waals surface area contributed by atoms with Gasteiger partial charge in [-0.1, -0.05) is 18.2 Å². The van der Waals surface area contributed by atoms with Gasteiger partial charge >= 0.3 is 0 Å². The number of carbonyl (C=O) groups is 2. The van der Waals surface area contributed by atoms with Gasteiger partial charge in [0.05, 0.1) is 5.41 Å². The van der Waals surface area contributed by atoms with Crippen LogP contribution in [0.2, 0.25) is 0 Å². The van der Waals surface area contributed by atoms with E-state index in [9.17, 15) is 14.0 Å². The van der Waals surface area contributed by atoms with Crippen molar-refractivity contribution in [3.8, 4) is 0 Å². The van der Waals surface area contributed by atoms with Crippen molar-refractivity contribution in [2.45, 2.75) is 44.2 Å². The lowest BCUT2D eigenvalue weighted by Gasteiger charge is -2.43. The quantitative estimate of drug-likeness (QED) is 0.836. The Bertz CT molecular complexity index is 659. The number of alkyl halides is 1. The Morgan fingerprint density at radius 1 is 1.00 bits per heavy atom. The molecule has 1 spiro atoms. The van der Waals surface area contributed by atoms with Crippen LogP contribution in [0.4, 0.5) is 10.1 Å². The number of benzene rings is 1. The summed E-state index contributed by atoms with van der Waals surface area (Å²) in [5.41, 5.74) is -1.29. The molecule has 2 saturated heterocycles. The van der Waals surface area contributed by atoms with Crippen LogP contribution in [0.3, 0.4) is 0 Å². The second kappa shape index (κ2) is 5.57. The van der Waals surface area contributed by atoms with Crippen molar-refractivity contribution < 1.29 is 14.0 Å². The van der Waals surface area contributed by atoms with E-state index in [0.29, 0.717) is 32.5 Å². The molecule has 1 saturated carbocycles. The number of piperidine rings is 1. The van der Waals surface area contributed by atoms with Gasteiger partial charge in [0, 0.05) is 25.3 Å². The van der Waals surface area contributed by atoms with Gasteiger partial charge in [0.15, 0.2) is 5.67 Å². The molecule has 0 bridgehead atoms. The Kier molecular flexibility index (Phi) is 3.62. The number of rotatable bonds is 2. The van der Waals surface area contributed by atoms with Gasteiger partial charge in [0.25, 0.3) is 5.91 Å². The van der Waals surface area contributed by atoms with Crippen LogP contribution in [0.5, 0.6) is 0 Å². The molecule has 2 aliphatic heterocycles. The van der Waals surface area contributed by atoms with Crippen LogP contribution in [0.15, 0.2) is 30.3 Å². The highest BCUT2D eigenvalue weighted by Gasteiger charge is 2.53. The average Bonchev–Trinajstić information content (AvgIpc) is 2.89. The number of amides is 2. The van der Waals surface area contributed by atoms with Gasteiger partial charge in [0.2, 0.25) is 5.91 Å². The third kappa shape index (κ3) is 2.33. The SMILES string of the molecule is O=C(N1CCC[C@@]2(CCN(c3ccccc3)C2=O)C1)C1(F)CCC1. The lowest BCUT2D eigenvalue weighted by molar-refractivity contribution is -0.154. The zero-order chi connectivity index (χ0) is 16.8. The third-order valence-corrected chi connectivity index (χ3v) is 5.97. The maximum Gasteiger partial charge on any atom is 0.260 e. The summed E-state index contributed by atoms with van der Waals surface area (Å²) in [6.07, 6.45) is 3.75. The van der Waals surface area contributed by atoms with Crippen molar-refractivity contribution >= 4 is 17.5 Å². The standard InChI is InChI=1S/C19H23FN2O2/c20-19(9-4-10-19)17(24)21-12-5-8-18(14-21)11-13-22(16(18)23)15-6-2-1-3-7-15/h1-3,6-7H,4-5,8-14H2/t18-/m1/s1. The van der Waals surface area contributed by atoms with Crippen LogP contribution in [0.1, 0.15) is 38.5 Å². The molecule has 4 rings (SSSR count). The zero-order valence-electron chi connectivity index (χ0n) is 13.8. The maximum absolute atomic E-state index is 14.5. The molecular weight excluding hydrogens is 307 g/mol. The second-order valence-electron chi connectivity index (χ2n) is 7.47. The van der Waals surface area contributed by atoms with Crippen LogP contribution >= 0.6 is 0 Å². The van der Waals surface area contributed by atoms with Crippen LogP contribution in [0.25, 0.3) is 0 Å². The number of hydrogen-bond donors (Lipinski definition) is 0. The number of carbonyl (C=O) groups excluding carboxylic acids is 2. The predicted molar refractivity (Wildman–Crippen MR) is 89.3 cm³/mol. The molecule has 0 radical (unpaired) electrons. The summed E-state index contributed by atoms with van der Waals surface area (Å²) in [5, 5.41) is 0. The Balaban J connectivity index is 1.53. The van der Waals surface area contributed by atoms with Crippen LogP contribution in [-0.4, -0.2) is 42.0 Å². The fourth-order valence-corrected chi connectivity index (χ4v) is 4.34. The average molecular weight is 330 g/mol. The van der Waals surface area contributed by atoms with E-state index in [-0.39, 0.29) is 5.91 Å². The van der Waals surface area contributed by atoms with E-state index in [0.717, 1.165) is 31.4 Å². The van der Waals surface area contributed by atoms with E-state index in [1.54, 1.807) is 4.90 Å². The molecule has 2 heterocycles. The van der Waals surface area contributed by atoms with Gasteiger partial charge in [-0.25, -0.2) is 4.39 Å². The molecular formula is C19H23FN2O2. The predicted octanol–water partition coefficient (Wildman–Crippen LogP) is 2.92. The number of hydrogen-bond acceptors (Lipinski definition) is 2. The Morgan fingerprint density at radius 2 is 1.75 bits per heavy atom. The van der Waals surface area contributed by atoms with Crippen molar-refractivity contribution in [3.05, 3.63) is 30.3 Å². The summed E-state index contributed by atoms with van der Waals surface area (Å²) in [5.74, 6) is -0.300. The topological polar surface area (TPSA) is 40.6 Å². The van der Waals surface area contributed by atoms with E-state index in [4.69, 9.17) is 0 Å². The van der Waals surface area contributed by atoms with Crippen molar-refractivity contribution in [3.63, 3.8) is 0 Å². The Hall–Kier alpha value is -1.91. The highest BCUT2D eigenvalue weighted by atomic mass is 19.1. The lowest BCUT2D eigenvalue weighted by Crippen LogP contribution is -2.56. The lowest BCUT2D eigenvalue weighted by atomic mass is 9.76. The second-order valence-corrected chi connectivity index (χ2v) is 7.47. The first-order valence-electron chi connectivity index (χ1n) is 8.90. The summed E-state index contributed by atoms with van der Waals surface area (Å²) >= 11 is 0.